The summed E-state index contributed by atoms with van der Waals surface area (Å²) in [5.41, 5.74) is 0. The predicted molar refractivity (Wildman–Crippen MR) is 216 cm³/mol. The molecule has 296 valence electrons. The van der Waals surface area contributed by atoms with E-state index in [1.54, 1.807) is 0 Å². The van der Waals surface area contributed by atoms with E-state index in [1.165, 1.54) is 25.7 Å². The van der Waals surface area contributed by atoms with Gasteiger partial charge in [0, 0.05) is 12.8 Å². The summed E-state index contributed by atoms with van der Waals surface area (Å²) in [7, 11) is -4.77. The molecule has 0 heterocycles. The predicted octanol–water partition coefficient (Wildman–Crippen LogP) is 12.1. The zero-order valence-electron chi connectivity index (χ0n) is 32.4. The molecule has 0 amide bonds. The molecule has 0 spiro atoms. The summed E-state index contributed by atoms with van der Waals surface area (Å²) in [5.74, 6) is -0.947. The average Bonchev–Trinajstić information content (AvgIpc) is 3.11. The van der Waals surface area contributed by atoms with Crippen molar-refractivity contribution in [2.45, 2.75) is 161 Å². The van der Waals surface area contributed by atoms with E-state index >= 15 is 0 Å². The first-order chi connectivity index (χ1) is 25.3. The van der Waals surface area contributed by atoms with Crippen LogP contribution in [-0.2, 0) is 28.2 Å². The van der Waals surface area contributed by atoms with Crippen LogP contribution in [0.2, 0.25) is 0 Å². The molecule has 1 atom stereocenters. The first-order valence-corrected chi connectivity index (χ1v) is 21.4. The van der Waals surface area contributed by atoms with Crippen LogP contribution in [0, 0.1) is 0 Å². The molecule has 0 bridgehead atoms. The Labute approximate surface area is 316 Å². The summed E-state index contributed by atoms with van der Waals surface area (Å²) in [6.45, 7) is 3.49. The van der Waals surface area contributed by atoms with E-state index in [-0.39, 0.29) is 19.4 Å². The van der Waals surface area contributed by atoms with Crippen molar-refractivity contribution in [1.82, 2.24) is 0 Å². The number of hydrogen-bond acceptors (Lipinski definition) is 6. The molecule has 52 heavy (non-hydrogen) atoms. The summed E-state index contributed by atoms with van der Waals surface area (Å²) in [6.07, 6.45) is 50.1. The molecule has 8 nitrogen and oxygen atoms in total. The molecule has 0 aliphatic carbocycles. The highest BCUT2D eigenvalue weighted by atomic mass is 31.2. The molecule has 0 radical (unpaired) electrons. The van der Waals surface area contributed by atoms with E-state index in [0.29, 0.717) is 12.8 Å². The molecular formula is C43H71O8P. The van der Waals surface area contributed by atoms with Crippen molar-refractivity contribution in [3.63, 3.8) is 0 Å². The SMILES string of the molecule is CC/C=C/C/C=C/C/C=C/C/C=C/C/C=C/CCCCCC(=O)O[C@H](COC(=O)CCCCCCC/C=C/C/C=C/CCCCC)COP(=O)(O)O. The third-order valence-corrected chi connectivity index (χ3v) is 8.38. The Morgan fingerprint density at radius 3 is 1.40 bits per heavy atom. The Hall–Kier alpha value is -2.77. The maximum Gasteiger partial charge on any atom is 0.469 e. The van der Waals surface area contributed by atoms with E-state index in [9.17, 15) is 14.2 Å². The molecule has 0 aromatic carbocycles. The van der Waals surface area contributed by atoms with E-state index in [1.807, 2.05) is 0 Å². The molecule has 0 fully saturated rings. The van der Waals surface area contributed by atoms with Crippen LogP contribution in [0.15, 0.2) is 85.1 Å². The number of rotatable bonds is 35. The Bertz CT molecular complexity index is 1110. The Morgan fingerprint density at radius 1 is 0.519 bits per heavy atom. The fourth-order valence-electron chi connectivity index (χ4n) is 4.96. The number of phosphoric acid groups is 1. The first kappa shape index (κ1) is 49.2. The summed E-state index contributed by atoms with van der Waals surface area (Å²) < 4.78 is 26.3. The minimum absolute atomic E-state index is 0.165. The summed E-state index contributed by atoms with van der Waals surface area (Å²) in [5, 5.41) is 0. The van der Waals surface area contributed by atoms with Crippen LogP contribution >= 0.6 is 7.82 Å². The lowest BCUT2D eigenvalue weighted by atomic mass is 10.1. The van der Waals surface area contributed by atoms with Crippen molar-refractivity contribution < 1.29 is 37.9 Å². The largest absolute Gasteiger partial charge is 0.469 e. The van der Waals surface area contributed by atoms with Gasteiger partial charge in [0.15, 0.2) is 6.10 Å². The van der Waals surface area contributed by atoms with Crippen LogP contribution in [-0.4, -0.2) is 41.0 Å². The minimum Gasteiger partial charge on any atom is -0.462 e. The third kappa shape index (κ3) is 40.0. The van der Waals surface area contributed by atoms with E-state index in [2.05, 4.69) is 103 Å². The number of carbonyl (C=O) groups excluding carboxylic acids is 2. The lowest BCUT2D eigenvalue weighted by Gasteiger charge is -2.18. The topological polar surface area (TPSA) is 119 Å². The standard InChI is InChI=1S/C43H71O8P/c1-3-5-7-9-11-13-15-17-19-20-21-22-24-26-28-30-32-34-36-38-43(45)51-41(40-50-52(46,47)48)39-49-42(44)37-35-33-31-29-27-25-23-18-16-14-12-10-8-6-4-2/h5,7,11-14,17-19,21-23,26,28,41H,3-4,6,8-10,15-16,20,24-25,27,29-40H2,1-2H3,(H2,46,47,48)/b7-5+,13-11+,14-12+,19-17+,22-21+,23-18+,28-26+/t41-/m1/s1. The number of carbonyl (C=O) groups is 2. The number of esters is 2. The second kappa shape index (κ2) is 38.0. The lowest BCUT2D eigenvalue weighted by Crippen LogP contribution is -2.29. The third-order valence-electron chi connectivity index (χ3n) is 7.90. The number of phosphoric ester groups is 1. The quantitative estimate of drug-likeness (QED) is 0.0285. The van der Waals surface area contributed by atoms with Gasteiger partial charge in [-0.05, 0) is 89.9 Å². The van der Waals surface area contributed by atoms with Gasteiger partial charge in [0.1, 0.15) is 6.61 Å². The zero-order chi connectivity index (χ0) is 38.2. The van der Waals surface area contributed by atoms with Crippen molar-refractivity contribution in [1.29, 1.82) is 0 Å². The highest BCUT2D eigenvalue weighted by Gasteiger charge is 2.22. The van der Waals surface area contributed by atoms with Crippen LogP contribution in [0.25, 0.3) is 0 Å². The lowest BCUT2D eigenvalue weighted by molar-refractivity contribution is -0.161. The van der Waals surface area contributed by atoms with Crippen molar-refractivity contribution in [3.05, 3.63) is 85.1 Å². The molecule has 0 aromatic heterocycles. The normalized spacial score (nSPS) is 13.4. The summed E-state index contributed by atoms with van der Waals surface area (Å²) in [6, 6.07) is 0. The zero-order valence-corrected chi connectivity index (χ0v) is 33.3. The van der Waals surface area contributed by atoms with Crippen LogP contribution in [0.4, 0.5) is 0 Å². The first-order valence-electron chi connectivity index (χ1n) is 19.9. The fraction of sp³-hybridized carbons (Fsp3) is 0.628. The molecule has 0 aliphatic rings. The van der Waals surface area contributed by atoms with Crippen molar-refractivity contribution in [2.75, 3.05) is 13.2 Å². The second-order valence-corrected chi connectivity index (χ2v) is 14.1. The highest BCUT2D eigenvalue weighted by Crippen LogP contribution is 2.36. The number of allylic oxidation sites excluding steroid dienone is 14. The van der Waals surface area contributed by atoms with Crippen molar-refractivity contribution >= 4 is 19.8 Å². The fourth-order valence-corrected chi connectivity index (χ4v) is 5.32. The van der Waals surface area contributed by atoms with E-state index < -0.39 is 32.5 Å². The van der Waals surface area contributed by atoms with Crippen LogP contribution in [0.5, 0.6) is 0 Å². The molecule has 9 heteroatoms. The van der Waals surface area contributed by atoms with Gasteiger partial charge in [0.25, 0.3) is 0 Å². The maximum absolute atomic E-state index is 12.4. The van der Waals surface area contributed by atoms with Crippen LogP contribution in [0.3, 0.4) is 0 Å². The Balaban J connectivity index is 4.07. The molecular weight excluding hydrogens is 675 g/mol. The van der Waals surface area contributed by atoms with Gasteiger partial charge in [-0.3, -0.25) is 14.1 Å². The molecule has 0 unspecified atom stereocenters. The smallest absolute Gasteiger partial charge is 0.462 e. The Kier molecular flexibility index (Phi) is 35.9. The monoisotopic (exact) mass is 746 g/mol. The molecule has 2 N–H and O–H groups in total. The van der Waals surface area contributed by atoms with Crippen molar-refractivity contribution in [2.24, 2.45) is 0 Å². The van der Waals surface area contributed by atoms with Crippen LogP contribution < -0.4 is 0 Å². The molecule has 0 aromatic rings. The molecule has 0 aliphatic heterocycles. The maximum atomic E-state index is 12.4. The van der Waals surface area contributed by atoms with Crippen LogP contribution in [0.1, 0.15) is 155 Å². The van der Waals surface area contributed by atoms with E-state index in [4.69, 9.17) is 19.3 Å². The number of unbranched alkanes of at least 4 members (excludes halogenated alkanes) is 11. The van der Waals surface area contributed by atoms with Gasteiger partial charge < -0.3 is 19.3 Å². The summed E-state index contributed by atoms with van der Waals surface area (Å²) in [4.78, 5) is 42.8. The minimum atomic E-state index is -4.77. The van der Waals surface area contributed by atoms with Gasteiger partial charge in [-0.15, -0.1) is 0 Å². The van der Waals surface area contributed by atoms with Crippen molar-refractivity contribution in [3.8, 4) is 0 Å². The molecule has 0 saturated carbocycles. The van der Waals surface area contributed by atoms with Gasteiger partial charge in [0.05, 0.1) is 6.61 Å². The molecule has 0 saturated heterocycles. The number of hydrogen-bond donors (Lipinski definition) is 2. The van der Waals surface area contributed by atoms with Gasteiger partial charge in [-0.25, -0.2) is 4.57 Å². The van der Waals surface area contributed by atoms with Gasteiger partial charge in [-0.1, -0.05) is 137 Å². The van der Waals surface area contributed by atoms with Gasteiger partial charge in [0.2, 0.25) is 0 Å². The van der Waals surface area contributed by atoms with E-state index in [0.717, 1.165) is 89.9 Å². The Morgan fingerprint density at radius 2 is 0.923 bits per heavy atom. The number of ether oxygens (including phenoxy) is 2. The highest BCUT2D eigenvalue weighted by molar-refractivity contribution is 7.46. The second-order valence-electron chi connectivity index (χ2n) is 12.9. The van der Waals surface area contributed by atoms with Gasteiger partial charge >= 0.3 is 19.8 Å². The molecule has 0 rings (SSSR count). The van der Waals surface area contributed by atoms with Gasteiger partial charge in [-0.2, -0.15) is 0 Å². The average molecular weight is 747 g/mol. The summed E-state index contributed by atoms with van der Waals surface area (Å²) >= 11 is 0.